The zero-order valence-corrected chi connectivity index (χ0v) is 17.7. The van der Waals surface area contributed by atoms with Crippen molar-refractivity contribution in [1.29, 1.82) is 0 Å². The lowest BCUT2D eigenvalue weighted by Gasteiger charge is -2.30. The predicted molar refractivity (Wildman–Crippen MR) is 111 cm³/mol. The van der Waals surface area contributed by atoms with E-state index < -0.39 is 10.0 Å². The SMILES string of the molecule is COc1ccc(C(=O)Nc2ccc(S(=O)(=O)N3CCCC(C)C3)cc2)c(OC)c1. The Bertz CT molecular complexity index is 973. The van der Waals surface area contributed by atoms with E-state index in [-0.39, 0.29) is 10.8 Å². The first-order valence-corrected chi connectivity index (χ1v) is 10.9. The van der Waals surface area contributed by atoms with Crippen LogP contribution in [0.2, 0.25) is 0 Å². The third kappa shape index (κ3) is 4.71. The molecular formula is C21H26N2O5S. The van der Waals surface area contributed by atoms with Gasteiger partial charge in [-0.25, -0.2) is 8.42 Å². The largest absolute Gasteiger partial charge is 0.497 e. The number of carbonyl (C=O) groups is 1. The number of ether oxygens (including phenoxy) is 2. The number of amides is 1. The smallest absolute Gasteiger partial charge is 0.259 e. The van der Waals surface area contributed by atoms with Crippen LogP contribution in [0.1, 0.15) is 30.1 Å². The van der Waals surface area contributed by atoms with Gasteiger partial charge in [-0.05, 0) is 55.2 Å². The summed E-state index contributed by atoms with van der Waals surface area (Å²) in [5.41, 5.74) is 0.853. The summed E-state index contributed by atoms with van der Waals surface area (Å²) >= 11 is 0. The molecule has 1 fully saturated rings. The van der Waals surface area contributed by atoms with E-state index >= 15 is 0 Å². The molecule has 1 saturated heterocycles. The Labute approximate surface area is 171 Å². The molecule has 1 amide bonds. The van der Waals surface area contributed by atoms with Crippen LogP contribution in [-0.2, 0) is 10.0 Å². The summed E-state index contributed by atoms with van der Waals surface area (Å²) in [5, 5.41) is 2.77. The molecule has 7 nitrogen and oxygen atoms in total. The van der Waals surface area contributed by atoms with E-state index in [4.69, 9.17) is 9.47 Å². The van der Waals surface area contributed by atoms with Crippen molar-refractivity contribution in [3.8, 4) is 11.5 Å². The molecule has 1 N–H and O–H groups in total. The summed E-state index contributed by atoms with van der Waals surface area (Å²) in [6.07, 6.45) is 1.92. The molecule has 29 heavy (non-hydrogen) atoms. The zero-order valence-electron chi connectivity index (χ0n) is 16.8. The molecule has 1 aliphatic rings. The van der Waals surface area contributed by atoms with Crippen LogP contribution in [0, 0.1) is 5.92 Å². The summed E-state index contributed by atoms with van der Waals surface area (Å²) in [7, 11) is -0.509. The van der Waals surface area contributed by atoms with E-state index in [1.165, 1.54) is 30.7 Å². The van der Waals surface area contributed by atoms with Crippen molar-refractivity contribution in [3.05, 3.63) is 48.0 Å². The van der Waals surface area contributed by atoms with Gasteiger partial charge in [-0.15, -0.1) is 0 Å². The second kappa shape index (κ2) is 8.84. The molecule has 2 aromatic carbocycles. The Kier molecular flexibility index (Phi) is 6.44. The normalized spacial score (nSPS) is 17.6. The van der Waals surface area contributed by atoms with Gasteiger partial charge in [0, 0.05) is 24.8 Å². The molecule has 0 aliphatic carbocycles. The minimum Gasteiger partial charge on any atom is -0.497 e. The number of benzene rings is 2. The third-order valence-corrected chi connectivity index (χ3v) is 6.90. The van der Waals surface area contributed by atoms with Gasteiger partial charge in [-0.2, -0.15) is 4.31 Å². The molecule has 0 radical (unpaired) electrons. The monoisotopic (exact) mass is 418 g/mol. The average molecular weight is 419 g/mol. The van der Waals surface area contributed by atoms with Gasteiger partial charge in [0.2, 0.25) is 10.0 Å². The van der Waals surface area contributed by atoms with Crippen molar-refractivity contribution in [2.45, 2.75) is 24.7 Å². The molecular weight excluding hydrogens is 392 g/mol. The zero-order chi connectivity index (χ0) is 21.0. The van der Waals surface area contributed by atoms with E-state index in [0.717, 1.165) is 12.8 Å². The van der Waals surface area contributed by atoms with Gasteiger partial charge in [0.1, 0.15) is 11.5 Å². The quantitative estimate of drug-likeness (QED) is 0.777. The van der Waals surface area contributed by atoms with Crippen molar-refractivity contribution in [3.63, 3.8) is 0 Å². The summed E-state index contributed by atoms with van der Waals surface area (Å²) in [4.78, 5) is 12.8. The molecule has 0 spiro atoms. The molecule has 1 unspecified atom stereocenters. The van der Waals surface area contributed by atoms with Crippen molar-refractivity contribution in [1.82, 2.24) is 4.31 Å². The van der Waals surface area contributed by atoms with Crippen molar-refractivity contribution in [2.75, 3.05) is 32.6 Å². The maximum absolute atomic E-state index is 12.8. The number of hydrogen-bond donors (Lipinski definition) is 1. The standard InChI is InChI=1S/C21H26N2O5S/c1-15-5-4-12-23(14-15)29(25,26)18-9-6-16(7-10-18)22-21(24)19-11-8-17(27-2)13-20(19)28-3/h6-11,13,15H,4-5,12,14H2,1-3H3,(H,22,24). The fourth-order valence-electron chi connectivity index (χ4n) is 3.41. The fourth-order valence-corrected chi connectivity index (χ4v) is 5.01. The Balaban J connectivity index is 1.75. The van der Waals surface area contributed by atoms with Gasteiger partial charge in [0.25, 0.3) is 5.91 Å². The number of hydrogen-bond acceptors (Lipinski definition) is 5. The van der Waals surface area contributed by atoms with Crippen LogP contribution in [0.5, 0.6) is 11.5 Å². The lowest BCUT2D eigenvalue weighted by molar-refractivity contribution is 0.102. The molecule has 0 saturated carbocycles. The minimum absolute atomic E-state index is 0.228. The van der Waals surface area contributed by atoms with Crippen LogP contribution in [-0.4, -0.2) is 45.9 Å². The highest BCUT2D eigenvalue weighted by Crippen LogP contribution is 2.27. The first-order chi connectivity index (χ1) is 13.8. The summed E-state index contributed by atoms with van der Waals surface area (Å²) in [5.74, 6) is 0.974. The van der Waals surface area contributed by atoms with Crippen LogP contribution in [0.25, 0.3) is 0 Å². The predicted octanol–water partition coefficient (Wildman–Crippen LogP) is 3.38. The van der Waals surface area contributed by atoms with E-state index in [1.54, 1.807) is 30.3 Å². The maximum Gasteiger partial charge on any atom is 0.259 e. The lowest BCUT2D eigenvalue weighted by Crippen LogP contribution is -2.39. The van der Waals surface area contributed by atoms with Crippen LogP contribution in [0.4, 0.5) is 5.69 Å². The first-order valence-electron chi connectivity index (χ1n) is 9.48. The van der Waals surface area contributed by atoms with Gasteiger partial charge in [-0.3, -0.25) is 4.79 Å². The number of sulfonamides is 1. The first kappa shape index (κ1) is 21.1. The van der Waals surface area contributed by atoms with Crippen LogP contribution < -0.4 is 14.8 Å². The molecule has 3 rings (SSSR count). The number of rotatable bonds is 6. The van der Waals surface area contributed by atoms with E-state index in [0.29, 0.717) is 41.8 Å². The number of piperidine rings is 1. The number of nitrogens with one attached hydrogen (secondary N) is 1. The lowest BCUT2D eigenvalue weighted by atomic mass is 10.0. The third-order valence-electron chi connectivity index (χ3n) is 5.02. The van der Waals surface area contributed by atoms with Crippen molar-refractivity contribution in [2.24, 2.45) is 5.92 Å². The molecule has 1 heterocycles. The summed E-state index contributed by atoms with van der Waals surface area (Å²) in [6, 6.07) is 11.1. The Hall–Kier alpha value is -2.58. The molecule has 0 bridgehead atoms. The van der Waals surface area contributed by atoms with E-state index in [2.05, 4.69) is 12.2 Å². The second-order valence-corrected chi connectivity index (χ2v) is 9.09. The minimum atomic E-state index is -3.52. The summed E-state index contributed by atoms with van der Waals surface area (Å²) in [6.45, 7) is 3.15. The van der Waals surface area contributed by atoms with Crippen LogP contribution in [0.15, 0.2) is 47.4 Å². The maximum atomic E-state index is 12.8. The number of nitrogens with zero attached hydrogens (tertiary/aromatic N) is 1. The molecule has 156 valence electrons. The van der Waals surface area contributed by atoms with Gasteiger partial charge in [0.05, 0.1) is 24.7 Å². The molecule has 2 aromatic rings. The van der Waals surface area contributed by atoms with E-state index in [1.807, 2.05) is 0 Å². The Morgan fingerprint density at radius 2 is 1.83 bits per heavy atom. The summed E-state index contributed by atoms with van der Waals surface area (Å²) < 4.78 is 37.6. The number of methoxy groups -OCH3 is 2. The van der Waals surface area contributed by atoms with Crippen molar-refractivity contribution < 1.29 is 22.7 Å². The van der Waals surface area contributed by atoms with Crippen LogP contribution >= 0.6 is 0 Å². The topological polar surface area (TPSA) is 84.9 Å². The molecule has 8 heteroatoms. The Morgan fingerprint density at radius 1 is 1.10 bits per heavy atom. The van der Waals surface area contributed by atoms with Crippen molar-refractivity contribution >= 4 is 21.6 Å². The van der Waals surface area contributed by atoms with Gasteiger partial charge >= 0.3 is 0 Å². The Morgan fingerprint density at radius 3 is 2.45 bits per heavy atom. The van der Waals surface area contributed by atoms with E-state index in [9.17, 15) is 13.2 Å². The highest BCUT2D eigenvalue weighted by Gasteiger charge is 2.28. The number of anilines is 1. The van der Waals surface area contributed by atoms with Gasteiger partial charge in [-0.1, -0.05) is 6.92 Å². The number of carbonyl (C=O) groups excluding carboxylic acids is 1. The highest BCUT2D eigenvalue weighted by molar-refractivity contribution is 7.89. The second-order valence-electron chi connectivity index (χ2n) is 7.16. The average Bonchev–Trinajstić information content (AvgIpc) is 2.73. The molecule has 0 aromatic heterocycles. The molecule has 1 aliphatic heterocycles. The molecule has 1 atom stereocenters. The fraction of sp³-hybridized carbons (Fsp3) is 0.381. The van der Waals surface area contributed by atoms with Crippen LogP contribution in [0.3, 0.4) is 0 Å². The highest BCUT2D eigenvalue weighted by atomic mass is 32.2. The van der Waals surface area contributed by atoms with Gasteiger partial charge < -0.3 is 14.8 Å². The van der Waals surface area contributed by atoms with Gasteiger partial charge in [0.15, 0.2) is 0 Å².